The lowest BCUT2D eigenvalue weighted by Crippen LogP contribution is -2.30. The number of halogens is 1. The summed E-state index contributed by atoms with van der Waals surface area (Å²) in [5.74, 6) is -0.289. The van der Waals surface area contributed by atoms with E-state index >= 15 is 0 Å². The monoisotopic (exact) mass is 397 g/mol. The molecule has 0 bridgehead atoms. The van der Waals surface area contributed by atoms with E-state index in [4.69, 9.17) is 0 Å². The summed E-state index contributed by atoms with van der Waals surface area (Å²) in [7, 11) is 0. The van der Waals surface area contributed by atoms with Crippen molar-refractivity contribution >= 4 is 28.5 Å². The summed E-state index contributed by atoms with van der Waals surface area (Å²) in [5, 5.41) is 6.89. The third-order valence-electron chi connectivity index (χ3n) is 2.91. The van der Waals surface area contributed by atoms with E-state index in [1.807, 2.05) is 38.1 Å². The molecule has 0 fully saturated rings. The Bertz CT molecular complexity index is 693. The third-order valence-corrected chi connectivity index (χ3v) is 3.63. The van der Waals surface area contributed by atoms with Gasteiger partial charge in [-0.05, 0) is 60.2 Å². The smallest absolute Gasteiger partial charge is 0.271 e. The first kappa shape index (κ1) is 15.7. The summed E-state index contributed by atoms with van der Waals surface area (Å²) in [6, 6.07) is 10.6. The fraction of sp³-hybridized carbons (Fsp3) is 0.267. The van der Waals surface area contributed by atoms with Crippen molar-refractivity contribution in [2.75, 3.05) is 0 Å². The van der Waals surface area contributed by atoms with Crippen molar-refractivity contribution in [3.8, 4) is 0 Å². The van der Waals surface area contributed by atoms with Crippen LogP contribution in [0.4, 0.5) is 0 Å². The Morgan fingerprint density at radius 2 is 1.90 bits per heavy atom. The van der Waals surface area contributed by atoms with Gasteiger partial charge >= 0.3 is 0 Å². The maximum absolute atomic E-state index is 12.1. The topological polar surface area (TPSA) is 64.0 Å². The van der Waals surface area contributed by atoms with Crippen molar-refractivity contribution in [3.05, 3.63) is 61.6 Å². The van der Waals surface area contributed by atoms with Gasteiger partial charge in [0, 0.05) is 16.2 Å². The van der Waals surface area contributed by atoms with Crippen LogP contribution in [0.25, 0.3) is 0 Å². The average molecular weight is 397 g/mol. The number of hydrogen-bond donors (Lipinski definition) is 1. The third kappa shape index (κ3) is 4.13. The summed E-state index contributed by atoms with van der Waals surface area (Å²) >= 11 is 2.23. The van der Waals surface area contributed by atoms with Crippen molar-refractivity contribution in [3.63, 3.8) is 0 Å². The van der Waals surface area contributed by atoms with Crippen LogP contribution in [-0.4, -0.2) is 15.7 Å². The second-order valence-electron chi connectivity index (χ2n) is 4.90. The lowest BCUT2D eigenvalue weighted by Gasteiger charge is -2.10. The number of nitrogens with zero attached hydrogens (tertiary/aromatic N) is 2. The fourth-order valence-electron chi connectivity index (χ4n) is 1.79. The molecule has 2 aromatic rings. The molecule has 5 nitrogen and oxygen atoms in total. The van der Waals surface area contributed by atoms with E-state index in [9.17, 15) is 9.59 Å². The number of rotatable bonds is 4. The van der Waals surface area contributed by atoms with E-state index in [0.717, 1.165) is 9.13 Å². The maximum atomic E-state index is 12.1. The van der Waals surface area contributed by atoms with E-state index < -0.39 is 0 Å². The summed E-state index contributed by atoms with van der Waals surface area (Å²) in [6.45, 7) is 4.13. The van der Waals surface area contributed by atoms with E-state index in [1.165, 1.54) is 16.8 Å². The SMILES string of the molecule is CC(C)n1nc(C(=O)NCc2ccc(I)cc2)ccc1=O. The Hall–Kier alpha value is -1.70. The van der Waals surface area contributed by atoms with Crippen LogP contribution in [0.1, 0.15) is 35.9 Å². The van der Waals surface area contributed by atoms with Gasteiger partial charge in [0.05, 0.1) is 6.04 Å². The zero-order chi connectivity index (χ0) is 15.4. The van der Waals surface area contributed by atoms with Gasteiger partial charge in [-0.1, -0.05) is 12.1 Å². The van der Waals surface area contributed by atoms with Crippen molar-refractivity contribution in [2.24, 2.45) is 0 Å². The first-order chi connectivity index (χ1) is 9.97. The predicted molar refractivity (Wildman–Crippen MR) is 89.2 cm³/mol. The molecule has 1 aromatic heterocycles. The van der Waals surface area contributed by atoms with Crippen LogP contribution >= 0.6 is 22.6 Å². The summed E-state index contributed by atoms with van der Waals surface area (Å²) in [4.78, 5) is 23.7. The summed E-state index contributed by atoms with van der Waals surface area (Å²) in [5.41, 5.74) is 1.05. The molecular formula is C15H16IN3O2. The Morgan fingerprint density at radius 1 is 1.24 bits per heavy atom. The highest BCUT2D eigenvalue weighted by atomic mass is 127. The second-order valence-corrected chi connectivity index (χ2v) is 6.15. The molecule has 0 saturated carbocycles. The van der Waals surface area contributed by atoms with Crippen LogP contribution in [0.3, 0.4) is 0 Å². The van der Waals surface area contributed by atoms with Crippen LogP contribution in [0.2, 0.25) is 0 Å². The average Bonchev–Trinajstić information content (AvgIpc) is 2.46. The van der Waals surface area contributed by atoms with Crippen LogP contribution in [0.5, 0.6) is 0 Å². The van der Waals surface area contributed by atoms with Crippen LogP contribution in [-0.2, 0) is 6.54 Å². The van der Waals surface area contributed by atoms with Crippen molar-refractivity contribution in [1.82, 2.24) is 15.1 Å². The highest BCUT2D eigenvalue weighted by molar-refractivity contribution is 14.1. The molecule has 0 radical (unpaired) electrons. The molecule has 1 amide bonds. The number of amides is 1. The number of nitrogens with one attached hydrogen (secondary N) is 1. The lowest BCUT2D eigenvalue weighted by molar-refractivity contribution is 0.0943. The quantitative estimate of drug-likeness (QED) is 0.806. The number of carbonyl (C=O) groups is 1. The molecule has 0 aliphatic rings. The van der Waals surface area contributed by atoms with Crippen molar-refractivity contribution < 1.29 is 4.79 Å². The fourth-order valence-corrected chi connectivity index (χ4v) is 2.15. The van der Waals surface area contributed by atoms with E-state index in [-0.39, 0.29) is 23.2 Å². The van der Waals surface area contributed by atoms with Crippen LogP contribution in [0, 0.1) is 3.57 Å². The van der Waals surface area contributed by atoms with Crippen molar-refractivity contribution in [1.29, 1.82) is 0 Å². The zero-order valence-electron chi connectivity index (χ0n) is 11.8. The number of benzene rings is 1. The maximum Gasteiger partial charge on any atom is 0.271 e. The molecule has 0 aliphatic carbocycles. The first-order valence-electron chi connectivity index (χ1n) is 6.60. The van der Waals surface area contributed by atoms with Gasteiger partial charge in [-0.25, -0.2) is 4.68 Å². The Labute approximate surface area is 136 Å². The molecule has 0 aliphatic heterocycles. The van der Waals surface area contributed by atoms with Gasteiger partial charge in [-0.15, -0.1) is 0 Å². The highest BCUT2D eigenvalue weighted by Gasteiger charge is 2.10. The second kappa shape index (κ2) is 6.84. The Morgan fingerprint density at radius 3 is 2.52 bits per heavy atom. The van der Waals surface area contributed by atoms with Crippen molar-refractivity contribution in [2.45, 2.75) is 26.4 Å². The molecule has 0 spiro atoms. The van der Waals surface area contributed by atoms with E-state index in [0.29, 0.717) is 6.54 Å². The normalized spacial score (nSPS) is 10.7. The molecule has 1 N–H and O–H groups in total. The van der Waals surface area contributed by atoms with Gasteiger partial charge < -0.3 is 5.32 Å². The van der Waals surface area contributed by atoms with Gasteiger partial charge in [0.15, 0.2) is 0 Å². The van der Waals surface area contributed by atoms with Gasteiger partial charge in [0.2, 0.25) is 0 Å². The highest BCUT2D eigenvalue weighted by Crippen LogP contribution is 2.06. The van der Waals surface area contributed by atoms with Gasteiger partial charge in [-0.3, -0.25) is 9.59 Å². The largest absolute Gasteiger partial charge is 0.347 e. The number of carbonyl (C=O) groups excluding carboxylic acids is 1. The molecule has 1 heterocycles. The van der Waals surface area contributed by atoms with Gasteiger partial charge in [0.1, 0.15) is 5.69 Å². The Kier molecular flexibility index (Phi) is 5.11. The van der Waals surface area contributed by atoms with Crippen LogP contribution in [0.15, 0.2) is 41.2 Å². The molecule has 0 saturated heterocycles. The minimum Gasteiger partial charge on any atom is -0.347 e. The molecule has 0 atom stereocenters. The minimum atomic E-state index is -0.289. The predicted octanol–water partition coefficient (Wildman–Crippen LogP) is 2.36. The molecule has 21 heavy (non-hydrogen) atoms. The molecule has 6 heteroatoms. The van der Waals surface area contributed by atoms with E-state index in [2.05, 4.69) is 33.0 Å². The molecule has 0 unspecified atom stereocenters. The molecule has 1 aromatic carbocycles. The minimum absolute atomic E-state index is 0.0820. The number of hydrogen-bond acceptors (Lipinski definition) is 3. The van der Waals surface area contributed by atoms with Gasteiger partial charge in [0.25, 0.3) is 11.5 Å². The summed E-state index contributed by atoms with van der Waals surface area (Å²) < 4.78 is 2.45. The Balaban J connectivity index is 2.08. The number of aromatic nitrogens is 2. The van der Waals surface area contributed by atoms with Gasteiger partial charge in [-0.2, -0.15) is 5.10 Å². The van der Waals surface area contributed by atoms with Crippen LogP contribution < -0.4 is 10.9 Å². The summed E-state index contributed by atoms with van der Waals surface area (Å²) in [6.07, 6.45) is 0. The molecule has 110 valence electrons. The zero-order valence-corrected chi connectivity index (χ0v) is 14.0. The first-order valence-corrected chi connectivity index (χ1v) is 7.68. The van der Waals surface area contributed by atoms with E-state index in [1.54, 1.807) is 0 Å². The lowest BCUT2D eigenvalue weighted by atomic mass is 10.2. The molecular weight excluding hydrogens is 381 g/mol. The molecule has 2 rings (SSSR count). The standard InChI is InChI=1S/C15H16IN3O2/c1-10(2)19-14(20)8-7-13(18-19)15(21)17-9-11-3-5-12(16)6-4-11/h3-8,10H,9H2,1-2H3,(H,17,21).